The molecular formula is C18H22N6O. The van der Waals surface area contributed by atoms with Gasteiger partial charge < -0.3 is 4.90 Å². The zero-order valence-corrected chi connectivity index (χ0v) is 14.2. The van der Waals surface area contributed by atoms with E-state index in [1.54, 1.807) is 29.7 Å². The zero-order chi connectivity index (χ0) is 17.2. The third kappa shape index (κ3) is 3.67. The maximum Gasteiger partial charge on any atom is 0.256 e. The van der Waals surface area contributed by atoms with Crippen molar-refractivity contribution in [2.75, 3.05) is 13.6 Å². The van der Waals surface area contributed by atoms with E-state index in [1.807, 2.05) is 19.2 Å². The molecule has 2 aromatic heterocycles. The van der Waals surface area contributed by atoms with Crippen LogP contribution in [0.1, 0.15) is 29.6 Å². The predicted molar refractivity (Wildman–Crippen MR) is 93.4 cm³/mol. The van der Waals surface area contributed by atoms with Crippen LogP contribution in [0, 0.1) is 5.92 Å². The monoisotopic (exact) mass is 338 g/mol. The van der Waals surface area contributed by atoms with Gasteiger partial charge in [-0.3, -0.25) is 20.6 Å². The molecule has 3 heterocycles. The number of hydrogen-bond donors (Lipinski definition) is 2. The van der Waals surface area contributed by atoms with E-state index in [2.05, 4.69) is 25.8 Å². The number of hydrazine groups is 1. The van der Waals surface area contributed by atoms with Crippen molar-refractivity contribution in [3.63, 3.8) is 0 Å². The lowest BCUT2D eigenvalue weighted by Gasteiger charge is -2.21. The summed E-state index contributed by atoms with van der Waals surface area (Å²) in [5, 5.41) is 0. The Labute approximate surface area is 146 Å². The van der Waals surface area contributed by atoms with Gasteiger partial charge in [-0.05, 0) is 37.3 Å². The third-order valence-electron chi connectivity index (χ3n) is 4.88. The highest BCUT2D eigenvalue weighted by molar-refractivity contribution is 5.93. The van der Waals surface area contributed by atoms with Crippen LogP contribution in [0.3, 0.4) is 0 Å². The number of hydrogen-bond acceptors (Lipinski definition) is 6. The molecule has 2 aliphatic rings. The quantitative estimate of drug-likeness (QED) is 0.854. The molecule has 4 rings (SSSR count). The van der Waals surface area contributed by atoms with Gasteiger partial charge in [0.25, 0.3) is 5.91 Å². The van der Waals surface area contributed by atoms with Gasteiger partial charge in [-0.15, -0.1) is 0 Å². The molecule has 0 aromatic carbocycles. The fourth-order valence-corrected chi connectivity index (χ4v) is 3.30. The fraction of sp³-hybridized carbons (Fsp3) is 0.444. The van der Waals surface area contributed by atoms with Crippen molar-refractivity contribution >= 4 is 5.91 Å². The number of nitrogens with one attached hydrogen (secondary N) is 2. The topological polar surface area (TPSA) is 83.0 Å². The Kier molecular flexibility index (Phi) is 4.42. The van der Waals surface area contributed by atoms with Gasteiger partial charge >= 0.3 is 0 Å². The molecule has 0 radical (unpaired) electrons. The summed E-state index contributed by atoms with van der Waals surface area (Å²) in [5.41, 5.74) is 8.06. The third-order valence-corrected chi connectivity index (χ3v) is 4.88. The Morgan fingerprint density at radius 1 is 1.20 bits per heavy atom. The number of aromatic nitrogens is 3. The predicted octanol–water partition coefficient (Wildman–Crippen LogP) is 1.26. The van der Waals surface area contributed by atoms with Crippen molar-refractivity contribution in [1.29, 1.82) is 0 Å². The van der Waals surface area contributed by atoms with E-state index in [9.17, 15) is 4.79 Å². The van der Waals surface area contributed by atoms with E-state index >= 15 is 0 Å². The van der Waals surface area contributed by atoms with Crippen molar-refractivity contribution in [1.82, 2.24) is 30.7 Å². The number of carbonyl (C=O) groups is 1. The SMILES string of the molecule is CN(CC1CC(C2CC2)NN1)C(=O)c1cnc(-c2ccncc2)nc1. The highest BCUT2D eigenvalue weighted by Crippen LogP contribution is 2.35. The minimum Gasteiger partial charge on any atom is -0.340 e. The standard InChI is InChI=1S/C18H22N6O/c1-24(11-15-8-16(23-22-15)12-2-3-12)18(25)14-9-20-17(21-10-14)13-4-6-19-7-5-13/h4-7,9-10,12,15-16,22-23H,2-3,8,11H2,1H3. The zero-order valence-electron chi connectivity index (χ0n) is 14.2. The van der Waals surface area contributed by atoms with E-state index in [-0.39, 0.29) is 11.9 Å². The normalized spacial score (nSPS) is 22.8. The van der Waals surface area contributed by atoms with Gasteiger partial charge in [-0.2, -0.15) is 0 Å². The molecule has 0 spiro atoms. The minimum absolute atomic E-state index is 0.0575. The van der Waals surface area contributed by atoms with Crippen molar-refractivity contribution in [2.24, 2.45) is 5.92 Å². The summed E-state index contributed by atoms with van der Waals surface area (Å²) in [4.78, 5) is 26.9. The summed E-state index contributed by atoms with van der Waals surface area (Å²) in [7, 11) is 1.82. The Hall–Kier alpha value is -2.38. The molecule has 0 bridgehead atoms. The highest BCUT2D eigenvalue weighted by Gasteiger charge is 2.37. The molecule has 1 saturated heterocycles. The Morgan fingerprint density at radius 3 is 2.60 bits per heavy atom. The lowest BCUT2D eigenvalue weighted by atomic mass is 10.1. The van der Waals surface area contributed by atoms with Crippen LogP contribution < -0.4 is 10.9 Å². The van der Waals surface area contributed by atoms with Gasteiger partial charge in [0.05, 0.1) is 5.56 Å². The van der Waals surface area contributed by atoms with Crippen LogP contribution in [0.2, 0.25) is 0 Å². The summed E-state index contributed by atoms with van der Waals surface area (Å²) >= 11 is 0. The van der Waals surface area contributed by atoms with Crippen LogP contribution >= 0.6 is 0 Å². The van der Waals surface area contributed by atoms with E-state index in [0.717, 1.165) is 17.9 Å². The molecule has 1 aliphatic carbocycles. The van der Waals surface area contributed by atoms with Crippen LogP contribution in [0.25, 0.3) is 11.4 Å². The van der Waals surface area contributed by atoms with Crippen molar-refractivity contribution in [3.05, 3.63) is 42.5 Å². The molecule has 2 unspecified atom stereocenters. The molecule has 1 amide bonds. The molecule has 2 atom stereocenters. The summed E-state index contributed by atoms with van der Waals surface area (Å²) in [5.74, 6) is 1.35. The second-order valence-corrected chi connectivity index (χ2v) is 6.88. The molecule has 2 fully saturated rings. The van der Waals surface area contributed by atoms with Crippen molar-refractivity contribution in [2.45, 2.75) is 31.3 Å². The molecule has 7 nitrogen and oxygen atoms in total. The smallest absolute Gasteiger partial charge is 0.256 e. The van der Waals surface area contributed by atoms with Gasteiger partial charge in [0.2, 0.25) is 0 Å². The average Bonchev–Trinajstić information content (AvgIpc) is 3.41. The fourth-order valence-electron chi connectivity index (χ4n) is 3.30. The second kappa shape index (κ2) is 6.85. The Bertz CT molecular complexity index is 731. The average molecular weight is 338 g/mol. The maximum atomic E-state index is 12.6. The van der Waals surface area contributed by atoms with E-state index < -0.39 is 0 Å². The Morgan fingerprint density at radius 2 is 1.92 bits per heavy atom. The molecule has 1 saturated carbocycles. The van der Waals surface area contributed by atoms with Gasteiger partial charge in [0.15, 0.2) is 5.82 Å². The van der Waals surface area contributed by atoms with Crippen LogP contribution in [0.5, 0.6) is 0 Å². The number of rotatable bonds is 5. The van der Waals surface area contributed by atoms with Gasteiger partial charge in [0.1, 0.15) is 0 Å². The first-order valence-corrected chi connectivity index (χ1v) is 8.69. The molecule has 2 aromatic rings. The van der Waals surface area contributed by atoms with Crippen LogP contribution in [-0.4, -0.2) is 51.4 Å². The lowest BCUT2D eigenvalue weighted by Crippen LogP contribution is -2.41. The van der Waals surface area contributed by atoms with E-state index in [1.165, 1.54) is 12.8 Å². The number of carbonyl (C=O) groups excluding carboxylic acids is 1. The maximum absolute atomic E-state index is 12.6. The van der Waals surface area contributed by atoms with E-state index in [4.69, 9.17) is 0 Å². The summed E-state index contributed by atoms with van der Waals surface area (Å²) < 4.78 is 0. The number of amides is 1. The highest BCUT2D eigenvalue weighted by atomic mass is 16.2. The first kappa shape index (κ1) is 16.1. The molecule has 1 aliphatic heterocycles. The lowest BCUT2D eigenvalue weighted by molar-refractivity contribution is 0.0782. The second-order valence-electron chi connectivity index (χ2n) is 6.88. The summed E-state index contributed by atoms with van der Waals surface area (Å²) in [6, 6.07) is 4.53. The van der Waals surface area contributed by atoms with Crippen LogP contribution in [0.15, 0.2) is 36.9 Å². The molecular weight excluding hydrogens is 316 g/mol. The summed E-state index contributed by atoms with van der Waals surface area (Å²) in [6.45, 7) is 0.668. The number of pyridine rings is 1. The van der Waals surface area contributed by atoms with Crippen LogP contribution in [-0.2, 0) is 0 Å². The first-order chi connectivity index (χ1) is 12.2. The molecule has 2 N–H and O–H groups in total. The van der Waals surface area contributed by atoms with E-state index in [0.29, 0.717) is 24.0 Å². The summed E-state index contributed by atoms with van der Waals surface area (Å²) in [6.07, 6.45) is 10.3. The van der Waals surface area contributed by atoms with Crippen LogP contribution in [0.4, 0.5) is 0 Å². The van der Waals surface area contributed by atoms with Crippen molar-refractivity contribution < 1.29 is 4.79 Å². The Balaban J connectivity index is 1.37. The van der Waals surface area contributed by atoms with Gasteiger partial charge in [0, 0.05) is 56.0 Å². The number of likely N-dealkylation sites (N-methyl/N-ethyl adjacent to an activating group) is 1. The minimum atomic E-state index is -0.0575. The van der Waals surface area contributed by atoms with Crippen molar-refractivity contribution in [3.8, 4) is 11.4 Å². The molecule has 130 valence electrons. The largest absolute Gasteiger partial charge is 0.340 e. The van der Waals surface area contributed by atoms with Gasteiger partial charge in [-0.1, -0.05) is 0 Å². The molecule has 7 heteroatoms. The first-order valence-electron chi connectivity index (χ1n) is 8.69. The number of nitrogens with zero attached hydrogens (tertiary/aromatic N) is 4. The van der Waals surface area contributed by atoms with Gasteiger partial charge in [-0.25, -0.2) is 9.97 Å². The molecule has 25 heavy (non-hydrogen) atoms.